The minimum Gasteiger partial charge on any atom is -0.481 e. The van der Waals surface area contributed by atoms with Crippen molar-refractivity contribution in [3.05, 3.63) is 28.0 Å². The number of aliphatic carboxylic acids is 1. The van der Waals surface area contributed by atoms with Crippen molar-refractivity contribution in [2.24, 2.45) is 0 Å². The average Bonchev–Trinajstić information content (AvgIpc) is 1.99. The number of aromatic nitrogens is 1. The first-order valence-corrected chi connectivity index (χ1v) is 4.45. The number of nitrogens with zero attached hydrogens (tertiary/aromatic N) is 1. The Balaban J connectivity index is 3.26. The Morgan fingerprint density at radius 1 is 1.67 bits per heavy atom. The molecule has 0 unspecified atom stereocenters. The lowest BCUT2D eigenvalue weighted by Crippen LogP contribution is -2.08. The molecule has 1 aromatic heterocycles. The van der Waals surface area contributed by atoms with E-state index in [1.165, 1.54) is 13.0 Å². The van der Waals surface area contributed by atoms with E-state index in [-0.39, 0.29) is 22.0 Å². The Labute approximate surface area is 89.7 Å². The average molecular weight is 236 g/mol. The summed E-state index contributed by atoms with van der Waals surface area (Å²) in [6, 6.07) is 1.29. The second kappa shape index (κ2) is 4.53. The van der Waals surface area contributed by atoms with Crippen LogP contribution in [0.25, 0.3) is 0 Å². The first-order valence-electron chi connectivity index (χ1n) is 4.07. The van der Waals surface area contributed by atoms with E-state index in [0.717, 1.165) is 0 Å². The summed E-state index contributed by atoms with van der Waals surface area (Å²) in [4.78, 5) is 14.0. The number of pyridine rings is 1. The number of alkyl halides is 2. The summed E-state index contributed by atoms with van der Waals surface area (Å²) in [5, 5.41) is 8.55. The van der Waals surface area contributed by atoms with Crippen molar-refractivity contribution >= 4 is 17.6 Å². The molecular formula is C9H8ClF2NO2. The maximum atomic E-state index is 12.6. The monoisotopic (exact) mass is 235 g/mol. The molecule has 1 N–H and O–H groups in total. The lowest BCUT2D eigenvalue weighted by molar-refractivity contribution is -0.136. The van der Waals surface area contributed by atoms with Gasteiger partial charge in [0.25, 0.3) is 6.43 Å². The highest BCUT2D eigenvalue weighted by Crippen LogP contribution is 2.27. The van der Waals surface area contributed by atoms with Gasteiger partial charge in [0.15, 0.2) is 0 Å². The maximum Gasteiger partial charge on any atom is 0.309 e. The van der Waals surface area contributed by atoms with Gasteiger partial charge in [-0.05, 0) is 18.6 Å². The number of carboxylic acids is 1. The van der Waals surface area contributed by atoms with Crippen molar-refractivity contribution in [1.29, 1.82) is 0 Å². The standard InChI is InChI=1S/C9H8ClF2NO2/c1-4-2-6(10)13-5(3-7(14)15)8(4)9(11)12/h2,9H,3H2,1H3,(H,14,15). The second-order valence-corrected chi connectivity index (χ2v) is 3.38. The maximum absolute atomic E-state index is 12.6. The van der Waals surface area contributed by atoms with Crippen molar-refractivity contribution in [3.63, 3.8) is 0 Å². The van der Waals surface area contributed by atoms with Crippen LogP contribution in [0.5, 0.6) is 0 Å². The Morgan fingerprint density at radius 2 is 2.27 bits per heavy atom. The molecule has 3 nitrogen and oxygen atoms in total. The molecule has 0 saturated carbocycles. The number of halogens is 3. The summed E-state index contributed by atoms with van der Waals surface area (Å²) in [6.45, 7) is 1.44. The molecule has 0 saturated heterocycles. The quantitative estimate of drug-likeness (QED) is 0.820. The van der Waals surface area contributed by atoms with Crippen LogP contribution < -0.4 is 0 Å². The summed E-state index contributed by atoms with van der Waals surface area (Å²) in [5.74, 6) is -1.22. The van der Waals surface area contributed by atoms with Crippen LogP contribution in [0, 0.1) is 6.92 Å². The van der Waals surface area contributed by atoms with E-state index in [2.05, 4.69) is 4.98 Å². The second-order valence-electron chi connectivity index (χ2n) is 2.99. The number of carboxylic acid groups (broad SMARTS) is 1. The zero-order valence-corrected chi connectivity index (χ0v) is 8.55. The third-order valence-electron chi connectivity index (χ3n) is 1.85. The topological polar surface area (TPSA) is 50.2 Å². The lowest BCUT2D eigenvalue weighted by atomic mass is 10.1. The molecule has 0 spiro atoms. The fourth-order valence-corrected chi connectivity index (χ4v) is 1.55. The van der Waals surface area contributed by atoms with E-state index in [1.54, 1.807) is 0 Å². The Morgan fingerprint density at radius 3 is 2.73 bits per heavy atom. The number of aryl methyl sites for hydroxylation is 1. The van der Waals surface area contributed by atoms with Crippen LogP contribution in [0.4, 0.5) is 8.78 Å². The molecule has 0 aromatic carbocycles. The van der Waals surface area contributed by atoms with Gasteiger partial charge in [0, 0.05) is 5.56 Å². The first-order chi connectivity index (χ1) is 6.91. The SMILES string of the molecule is Cc1cc(Cl)nc(CC(=O)O)c1C(F)F. The summed E-state index contributed by atoms with van der Waals surface area (Å²) < 4.78 is 25.2. The van der Waals surface area contributed by atoms with E-state index in [1.807, 2.05) is 0 Å². The van der Waals surface area contributed by atoms with Gasteiger partial charge in [-0.2, -0.15) is 0 Å². The minimum absolute atomic E-state index is 0.0214. The lowest BCUT2D eigenvalue weighted by Gasteiger charge is -2.09. The molecule has 0 aliphatic heterocycles. The van der Waals surface area contributed by atoms with Gasteiger partial charge in [-0.25, -0.2) is 13.8 Å². The molecule has 0 atom stereocenters. The van der Waals surface area contributed by atoms with Crippen molar-refractivity contribution in [2.45, 2.75) is 19.8 Å². The summed E-state index contributed by atoms with van der Waals surface area (Å²) in [5.41, 5.74) is -0.273. The number of hydrogen-bond donors (Lipinski definition) is 1. The Bertz CT molecular complexity index is 396. The van der Waals surface area contributed by atoms with Crippen LogP contribution in [0.2, 0.25) is 5.15 Å². The highest BCUT2D eigenvalue weighted by molar-refractivity contribution is 6.29. The van der Waals surface area contributed by atoms with Crippen molar-refractivity contribution < 1.29 is 18.7 Å². The fourth-order valence-electron chi connectivity index (χ4n) is 1.28. The molecule has 0 fully saturated rings. The van der Waals surface area contributed by atoms with Gasteiger partial charge in [0.2, 0.25) is 0 Å². The number of carbonyl (C=O) groups is 1. The van der Waals surface area contributed by atoms with Crippen molar-refractivity contribution in [2.75, 3.05) is 0 Å². The molecule has 82 valence electrons. The number of rotatable bonds is 3. The molecule has 1 heterocycles. The summed E-state index contributed by atoms with van der Waals surface area (Å²) in [7, 11) is 0. The predicted molar refractivity (Wildman–Crippen MR) is 50.3 cm³/mol. The molecular weight excluding hydrogens is 228 g/mol. The van der Waals surface area contributed by atoms with E-state index < -0.39 is 18.8 Å². The van der Waals surface area contributed by atoms with E-state index in [0.29, 0.717) is 0 Å². The molecule has 0 amide bonds. The van der Waals surface area contributed by atoms with E-state index in [9.17, 15) is 13.6 Å². The molecule has 0 aliphatic carbocycles. The van der Waals surface area contributed by atoms with Crippen LogP contribution in [-0.4, -0.2) is 16.1 Å². The molecule has 0 aliphatic rings. The zero-order chi connectivity index (χ0) is 11.6. The van der Waals surface area contributed by atoms with Gasteiger partial charge in [-0.15, -0.1) is 0 Å². The molecule has 0 radical (unpaired) electrons. The van der Waals surface area contributed by atoms with Gasteiger partial charge < -0.3 is 5.11 Å². The van der Waals surface area contributed by atoms with Crippen LogP contribution >= 0.6 is 11.6 Å². The third kappa shape index (κ3) is 2.86. The van der Waals surface area contributed by atoms with Gasteiger partial charge in [-0.1, -0.05) is 11.6 Å². The Hall–Kier alpha value is -1.23. The largest absolute Gasteiger partial charge is 0.481 e. The molecule has 0 bridgehead atoms. The van der Waals surface area contributed by atoms with Crippen LogP contribution in [-0.2, 0) is 11.2 Å². The smallest absolute Gasteiger partial charge is 0.309 e. The summed E-state index contributed by atoms with van der Waals surface area (Å²) in [6.07, 6.45) is -3.30. The number of hydrogen-bond acceptors (Lipinski definition) is 2. The van der Waals surface area contributed by atoms with Crippen molar-refractivity contribution in [3.8, 4) is 0 Å². The van der Waals surface area contributed by atoms with Gasteiger partial charge in [0.05, 0.1) is 12.1 Å². The van der Waals surface area contributed by atoms with Crippen LogP contribution in [0.15, 0.2) is 6.07 Å². The third-order valence-corrected chi connectivity index (χ3v) is 2.04. The van der Waals surface area contributed by atoms with Gasteiger partial charge in [0.1, 0.15) is 5.15 Å². The first kappa shape index (κ1) is 11.8. The van der Waals surface area contributed by atoms with Gasteiger partial charge >= 0.3 is 5.97 Å². The van der Waals surface area contributed by atoms with Crippen molar-refractivity contribution in [1.82, 2.24) is 4.98 Å². The zero-order valence-electron chi connectivity index (χ0n) is 7.80. The molecule has 1 rings (SSSR count). The van der Waals surface area contributed by atoms with E-state index in [4.69, 9.17) is 16.7 Å². The summed E-state index contributed by atoms with van der Waals surface area (Å²) >= 11 is 5.56. The normalized spacial score (nSPS) is 10.7. The Kier molecular flexibility index (Phi) is 3.57. The van der Waals surface area contributed by atoms with Crippen LogP contribution in [0.1, 0.15) is 23.2 Å². The molecule has 6 heteroatoms. The predicted octanol–water partition coefficient (Wildman–Crippen LogP) is 2.61. The van der Waals surface area contributed by atoms with Crippen LogP contribution in [0.3, 0.4) is 0 Å². The molecule has 1 aromatic rings. The fraction of sp³-hybridized carbons (Fsp3) is 0.333. The highest BCUT2D eigenvalue weighted by atomic mass is 35.5. The minimum atomic E-state index is -2.75. The van der Waals surface area contributed by atoms with E-state index >= 15 is 0 Å². The highest BCUT2D eigenvalue weighted by Gasteiger charge is 2.19. The van der Waals surface area contributed by atoms with Gasteiger partial charge in [-0.3, -0.25) is 4.79 Å². The molecule has 15 heavy (non-hydrogen) atoms.